The van der Waals surface area contributed by atoms with Crippen molar-refractivity contribution in [3.05, 3.63) is 55.2 Å². The highest BCUT2D eigenvalue weighted by molar-refractivity contribution is 7.16. The van der Waals surface area contributed by atoms with E-state index in [2.05, 4.69) is 0 Å². The number of thiophene rings is 1. The molecule has 0 amide bonds. The standard InChI is InChI=1S/C12H10Cl3NS/c13-8-2-1-3-9(14)12(8)10(16)6-7-4-5-11(15)17-7/h1-5,10H,6,16H2. The molecule has 0 radical (unpaired) electrons. The van der Waals surface area contributed by atoms with Gasteiger partial charge >= 0.3 is 0 Å². The van der Waals surface area contributed by atoms with Gasteiger partial charge in [0.2, 0.25) is 0 Å². The molecule has 1 nitrogen and oxygen atoms in total. The molecule has 90 valence electrons. The minimum atomic E-state index is -0.217. The third-order valence-corrected chi connectivity index (χ3v) is 4.33. The van der Waals surface area contributed by atoms with Gasteiger partial charge in [0.05, 0.1) is 4.34 Å². The van der Waals surface area contributed by atoms with Crippen molar-refractivity contribution in [2.24, 2.45) is 5.73 Å². The van der Waals surface area contributed by atoms with E-state index in [1.165, 1.54) is 11.3 Å². The highest BCUT2D eigenvalue weighted by atomic mass is 35.5. The van der Waals surface area contributed by atoms with E-state index < -0.39 is 0 Å². The Morgan fingerprint density at radius 1 is 1.06 bits per heavy atom. The number of hydrogen-bond acceptors (Lipinski definition) is 2. The first-order valence-electron chi connectivity index (χ1n) is 5.01. The molecular weight excluding hydrogens is 297 g/mol. The van der Waals surface area contributed by atoms with Gasteiger partial charge in [0.25, 0.3) is 0 Å². The maximum absolute atomic E-state index is 6.13. The summed E-state index contributed by atoms with van der Waals surface area (Å²) in [5.41, 5.74) is 6.92. The largest absolute Gasteiger partial charge is 0.324 e. The summed E-state index contributed by atoms with van der Waals surface area (Å²) >= 11 is 19.6. The molecule has 1 aromatic carbocycles. The van der Waals surface area contributed by atoms with Crippen LogP contribution in [0.4, 0.5) is 0 Å². The molecule has 2 rings (SSSR count). The van der Waals surface area contributed by atoms with E-state index in [0.29, 0.717) is 16.5 Å². The molecule has 1 unspecified atom stereocenters. The summed E-state index contributed by atoms with van der Waals surface area (Å²) in [6.45, 7) is 0. The highest BCUT2D eigenvalue weighted by Crippen LogP contribution is 2.32. The van der Waals surface area contributed by atoms with E-state index in [1.807, 2.05) is 18.2 Å². The van der Waals surface area contributed by atoms with Gasteiger partial charge in [-0.3, -0.25) is 0 Å². The summed E-state index contributed by atoms with van der Waals surface area (Å²) in [6, 6.07) is 9.02. The van der Waals surface area contributed by atoms with Gasteiger partial charge in [-0.1, -0.05) is 40.9 Å². The van der Waals surface area contributed by atoms with Crippen molar-refractivity contribution in [1.82, 2.24) is 0 Å². The van der Waals surface area contributed by atoms with Gasteiger partial charge in [-0.25, -0.2) is 0 Å². The molecule has 1 atom stereocenters. The summed E-state index contributed by atoms with van der Waals surface area (Å²) < 4.78 is 0.762. The predicted octanol–water partition coefficient (Wildman–Crippen LogP) is 4.95. The van der Waals surface area contributed by atoms with Crippen LogP contribution in [0, 0.1) is 0 Å². The molecule has 0 spiro atoms. The minimum absolute atomic E-state index is 0.217. The van der Waals surface area contributed by atoms with Gasteiger partial charge in [0, 0.05) is 32.9 Å². The maximum atomic E-state index is 6.13. The van der Waals surface area contributed by atoms with Gasteiger partial charge in [-0.15, -0.1) is 11.3 Å². The number of halogens is 3. The molecule has 0 bridgehead atoms. The fourth-order valence-electron chi connectivity index (χ4n) is 1.65. The second-order valence-electron chi connectivity index (χ2n) is 3.65. The Kier molecular flexibility index (Phi) is 4.34. The predicted molar refractivity (Wildman–Crippen MR) is 76.4 cm³/mol. The van der Waals surface area contributed by atoms with Crippen LogP contribution in [-0.4, -0.2) is 0 Å². The van der Waals surface area contributed by atoms with Crippen molar-refractivity contribution in [3.63, 3.8) is 0 Å². The molecule has 0 saturated heterocycles. The number of benzene rings is 1. The van der Waals surface area contributed by atoms with Crippen LogP contribution in [0.5, 0.6) is 0 Å². The lowest BCUT2D eigenvalue weighted by Crippen LogP contribution is -2.13. The molecule has 0 aliphatic heterocycles. The van der Waals surface area contributed by atoms with Gasteiger partial charge in [-0.05, 0) is 24.3 Å². The van der Waals surface area contributed by atoms with E-state index in [0.717, 1.165) is 14.8 Å². The van der Waals surface area contributed by atoms with E-state index in [9.17, 15) is 0 Å². The first-order chi connectivity index (χ1) is 8.08. The van der Waals surface area contributed by atoms with E-state index in [-0.39, 0.29) is 6.04 Å². The number of rotatable bonds is 3. The van der Waals surface area contributed by atoms with Crippen LogP contribution in [0.1, 0.15) is 16.5 Å². The molecule has 1 heterocycles. The van der Waals surface area contributed by atoms with Crippen molar-refractivity contribution in [1.29, 1.82) is 0 Å². The zero-order chi connectivity index (χ0) is 12.4. The molecular formula is C12H10Cl3NS. The molecule has 5 heteroatoms. The molecule has 17 heavy (non-hydrogen) atoms. The quantitative estimate of drug-likeness (QED) is 0.853. The van der Waals surface area contributed by atoms with Gasteiger partial charge in [-0.2, -0.15) is 0 Å². The Morgan fingerprint density at radius 3 is 2.24 bits per heavy atom. The van der Waals surface area contributed by atoms with E-state index in [4.69, 9.17) is 40.5 Å². The maximum Gasteiger partial charge on any atom is 0.0931 e. The Labute approximate surface area is 119 Å². The van der Waals surface area contributed by atoms with Crippen LogP contribution < -0.4 is 5.73 Å². The number of hydrogen-bond donors (Lipinski definition) is 1. The van der Waals surface area contributed by atoms with Crippen LogP contribution in [0.2, 0.25) is 14.4 Å². The lowest BCUT2D eigenvalue weighted by atomic mass is 10.0. The third kappa shape index (κ3) is 3.15. The Bertz CT molecular complexity index is 504. The van der Waals surface area contributed by atoms with Crippen molar-refractivity contribution in [2.75, 3.05) is 0 Å². The van der Waals surface area contributed by atoms with Crippen molar-refractivity contribution < 1.29 is 0 Å². The topological polar surface area (TPSA) is 26.0 Å². The van der Waals surface area contributed by atoms with Crippen molar-refractivity contribution in [3.8, 4) is 0 Å². The minimum Gasteiger partial charge on any atom is -0.324 e. The average molecular weight is 307 g/mol. The summed E-state index contributed by atoms with van der Waals surface area (Å²) in [4.78, 5) is 1.12. The summed E-state index contributed by atoms with van der Waals surface area (Å²) in [7, 11) is 0. The fraction of sp³-hybridized carbons (Fsp3) is 0.167. The summed E-state index contributed by atoms with van der Waals surface area (Å²) in [5, 5.41) is 1.21. The molecule has 2 aromatic rings. The SMILES string of the molecule is NC(Cc1ccc(Cl)s1)c1c(Cl)cccc1Cl. The molecule has 0 saturated carbocycles. The first-order valence-corrected chi connectivity index (χ1v) is 6.96. The first kappa shape index (κ1) is 13.2. The third-order valence-electron chi connectivity index (χ3n) is 2.42. The summed E-state index contributed by atoms with van der Waals surface area (Å²) in [5.74, 6) is 0. The lowest BCUT2D eigenvalue weighted by molar-refractivity contribution is 0.731. The molecule has 0 aliphatic carbocycles. The Hall–Kier alpha value is -0.250. The zero-order valence-corrected chi connectivity index (χ0v) is 11.9. The van der Waals surface area contributed by atoms with Gasteiger partial charge in [0.1, 0.15) is 0 Å². The van der Waals surface area contributed by atoms with Gasteiger partial charge < -0.3 is 5.73 Å². The van der Waals surface area contributed by atoms with Crippen LogP contribution in [0.25, 0.3) is 0 Å². The van der Waals surface area contributed by atoms with E-state index >= 15 is 0 Å². The molecule has 0 aliphatic rings. The Morgan fingerprint density at radius 2 is 1.71 bits per heavy atom. The number of nitrogens with two attached hydrogens (primary N) is 1. The highest BCUT2D eigenvalue weighted by Gasteiger charge is 2.15. The van der Waals surface area contributed by atoms with Crippen LogP contribution in [-0.2, 0) is 6.42 Å². The molecule has 1 aromatic heterocycles. The van der Waals surface area contributed by atoms with Crippen LogP contribution >= 0.6 is 46.1 Å². The van der Waals surface area contributed by atoms with Gasteiger partial charge in [0.15, 0.2) is 0 Å². The smallest absolute Gasteiger partial charge is 0.0931 e. The molecule has 0 fully saturated rings. The van der Waals surface area contributed by atoms with Crippen molar-refractivity contribution in [2.45, 2.75) is 12.5 Å². The van der Waals surface area contributed by atoms with Crippen molar-refractivity contribution >= 4 is 46.1 Å². The fourth-order valence-corrected chi connectivity index (χ4v) is 3.47. The monoisotopic (exact) mass is 305 g/mol. The average Bonchev–Trinajstić information content (AvgIpc) is 2.63. The lowest BCUT2D eigenvalue weighted by Gasteiger charge is -2.14. The second-order valence-corrected chi connectivity index (χ2v) is 6.27. The van der Waals surface area contributed by atoms with Crippen LogP contribution in [0.15, 0.2) is 30.3 Å². The van der Waals surface area contributed by atoms with E-state index in [1.54, 1.807) is 12.1 Å². The zero-order valence-electron chi connectivity index (χ0n) is 8.79. The second kappa shape index (κ2) is 5.59. The Balaban J connectivity index is 2.22. The van der Waals surface area contributed by atoms with Crippen LogP contribution in [0.3, 0.4) is 0 Å². The normalized spacial score (nSPS) is 12.7. The molecule has 2 N–H and O–H groups in total. The summed E-state index contributed by atoms with van der Waals surface area (Å²) in [6.07, 6.45) is 0.681.